The van der Waals surface area contributed by atoms with Crippen LogP contribution in [-0.2, 0) is 6.54 Å². The van der Waals surface area contributed by atoms with E-state index in [1.807, 2.05) is 0 Å². The third-order valence-electron chi connectivity index (χ3n) is 6.61. The minimum absolute atomic E-state index is 0.527. The molecule has 6 rings (SSSR count). The van der Waals surface area contributed by atoms with Crippen LogP contribution in [0.25, 0.3) is 11.3 Å². The Kier molecular flexibility index (Phi) is 3.64. The molecule has 4 saturated carbocycles. The van der Waals surface area contributed by atoms with Crippen LogP contribution in [0.1, 0.15) is 44.3 Å². The molecule has 1 heterocycles. The van der Waals surface area contributed by atoms with Crippen molar-refractivity contribution in [3.05, 3.63) is 46.6 Å². The van der Waals surface area contributed by atoms with Crippen LogP contribution in [0.5, 0.6) is 0 Å². The van der Waals surface area contributed by atoms with Gasteiger partial charge in [0.05, 0.1) is 5.54 Å². The van der Waals surface area contributed by atoms with Crippen molar-refractivity contribution >= 4 is 15.9 Å². The molecule has 1 aromatic carbocycles. The molecule has 0 radical (unpaired) electrons. The lowest BCUT2D eigenvalue weighted by molar-refractivity contribution is -0.754. The monoisotopic (exact) mass is 386 g/mol. The summed E-state index contributed by atoms with van der Waals surface area (Å²) in [6.45, 7) is 0.989. The summed E-state index contributed by atoms with van der Waals surface area (Å²) in [4.78, 5) is 0. The quantitative estimate of drug-likeness (QED) is 0.807. The lowest BCUT2D eigenvalue weighted by Crippen LogP contribution is -2.97. The van der Waals surface area contributed by atoms with E-state index in [9.17, 15) is 0 Å². The van der Waals surface area contributed by atoms with Gasteiger partial charge in [-0.15, -0.1) is 0 Å². The molecule has 4 aliphatic rings. The Morgan fingerprint density at radius 3 is 2.17 bits per heavy atom. The zero-order valence-electron chi connectivity index (χ0n) is 14.0. The Labute approximate surface area is 152 Å². The Bertz CT molecular complexity index is 697. The fourth-order valence-corrected chi connectivity index (χ4v) is 6.27. The first-order valence-corrected chi connectivity index (χ1v) is 10.2. The summed E-state index contributed by atoms with van der Waals surface area (Å²) >= 11 is 3.49. The number of rotatable bonds is 4. The predicted molar refractivity (Wildman–Crippen MR) is 98.4 cm³/mol. The third kappa shape index (κ3) is 2.76. The van der Waals surface area contributed by atoms with Crippen molar-refractivity contribution in [1.82, 2.24) is 0 Å². The zero-order chi connectivity index (χ0) is 16.1. The van der Waals surface area contributed by atoms with Gasteiger partial charge in [0, 0.05) is 29.3 Å². The Hall–Kier alpha value is -1.06. The van der Waals surface area contributed by atoms with Crippen molar-refractivity contribution in [3.8, 4) is 11.3 Å². The number of halogens is 1. The van der Waals surface area contributed by atoms with Crippen molar-refractivity contribution < 1.29 is 9.73 Å². The molecule has 0 unspecified atom stereocenters. The molecule has 2 N–H and O–H groups in total. The summed E-state index contributed by atoms with van der Waals surface area (Å²) < 4.78 is 7.23. The van der Waals surface area contributed by atoms with Crippen molar-refractivity contribution in [2.24, 2.45) is 17.8 Å². The van der Waals surface area contributed by atoms with Crippen LogP contribution in [-0.4, -0.2) is 5.54 Å². The van der Waals surface area contributed by atoms with Gasteiger partial charge in [-0.3, -0.25) is 0 Å². The van der Waals surface area contributed by atoms with Gasteiger partial charge in [-0.1, -0.05) is 28.1 Å². The minimum atomic E-state index is 0.527. The summed E-state index contributed by atoms with van der Waals surface area (Å²) in [5.74, 6) is 5.15. The maximum absolute atomic E-state index is 6.13. The van der Waals surface area contributed by atoms with E-state index in [0.717, 1.165) is 45.9 Å². The van der Waals surface area contributed by atoms with E-state index in [4.69, 9.17) is 4.42 Å². The highest BCUT2D eigenvalue weighted by molar-refractivity contribution is 9.10. The summed E-state index contributed by atoms with van der Waals surface area (Å²) in [5, 5.41) is 2.63. The van der Waals surface area contributed by atoms with Crippen molar-refractivity contribution in [2.45, 2.75) is 50.6 Å². The fraction of sp³-hybridized carbons (Fsp3) is 0.524. The SMILES string of the molecule is Brc1ccc(-c2ccc(C[NH2+]C34CC5CC(CC(C5)C3)C4)o2)cc1. The largest absolute Gasteiger partial charge is 0.455 e. The maximum atomic E-state index is 6.13. The summed E-state index contributed by atoms with van der Waals surface area (Å²) in [5.41, 5.74) is 1.68. The minimum Gasteiger partial charge on any atom is -0.455 e. The molecule has 2 nitrogen and oxygen atoms in total. The van der Waals surface area contributed by atoms with Crippen LogP contribution in [0.3, 0.4) is 0 Å². The topological polar surface area (TPSA) is 29.8 Å². The lowest BCUT2D eigenvalue weighted by atomic mass is 9.53. The van der Waals surface area contributed by atoms with Crippen LogP contribution in [0.4, 0.5) is 0 Å². The lowest BCUT2D eigenvalue weighted by Gasteiger charge is -2.54. The van der Waals surface area contributed by atoms with E-state index in [-0.39, 0.29) is 0 Å². The summed E-state index contributed by atoms with van der Waals surface area (Å²) in [6.07, 6.45) is 8.88. The molecule has 0 aliphatic heterocycles. The number of quaternary nitrogens is 1. The standard InChI is InChI=1S/C21H24BrNO/c22-18-3-1-17(2-4-18)20-6-5-19(24-20)13-23-21-10-14-7-15(11-21)9-16(8-14)12-21/h1-6,14-16,23H,7-13H2/p+1. The van der Waals surface area contributed by atoms with Gasteiger partial charge >= 0.3 is 0 Å². The second-order valence-corrected chi connectivity index (χ2v) is 9.38. The number of hydrogen-bond acceptors (Lipinski definition) is 1. The van der Waals surface area contributed by atoms with Gasteiger partial charge < -0.3 is 9.73 Å². The molecule has 126 valence electrons. The van der Waals surface area contributed by atoms with Crippen LogP contribution < -0.4 is 5.32 Å². The molecule has 3 heteroatoms. The maximum Gasteiger partial charge on any atom is 0.158 e. The second-order valence-electron chi connectivity index (χ2n) is 8.46. The molecule has 2 aromatic rings. The summed E-state index contributed by atoms with van der Waals surface area (Å²) in [7, 11) is 0. The Morgan fingerprint density at radius 2 is 1.54 bits per heavy atom. The molecule has 4 aliphatic carbocycles. The number of furan rings is 1. The van der Waals surface area contributed by atoms with E-state index in [2.05, 4.69) is 57.6 Å². The van der Waals surface area contributed by atoms with E-state index in [1.54, 1.807) is 0 Å². The molecule has 0 saturated heterocycles. The average Bonchev–Trinajstić information content (AvgIpc) is 3.01. The Morgan fingerprint density at radius 1 is 0.917 bits per heavy atom. The van der Waals surface area contributed by atoms with Crippen LogP contribution in [0.15, 0.2) is 45.3 Å². The predicted octanol–water partition coefficient (Wildman–Crippen LogP) is 4.74. The van der Waals surface area contributed by atoms with Gasteiger partial charge in [0.25, 0.3) is 0 Å². The zero-order valence-corrected chi connectivity index (χ0v) is 15.6. The third-order valence-corrected chi connectivity index (χ3v) is 7.14. The average molecular weight is 387 g/mol. The van der Waals surface area contributed by atoms with Gasteiger partial charge in [0.1, 0.15) is 12.3 Å². The van der Waals surface area contributed by atoms with Gasteiger partial charge in [-0.25, -0.2) is 0 Å². The Balaban J connectivity index is 1.28. The first-order valence-electron chi connectivity index (χ1n) is 9.36. The highest BCUT2D eigenvalue weighted by Crippen LogP contribution is 2.54. The molecule has 4 bridgehead atoms. The van der Waals surface area contributed by atoms with E-state index in [1.165, 1.54) is 38.5 Å². The van der Waals surface area contributed by atoms with Crippen molar-refractivity contribution in [2.75, 3.05) is 0 Å². The molecule has 0 amide bonds. The number of hydrogen-bond donors (Lipinski definition) is 1. The van der Waals surface area contributed by atoms with Gasteiger partial charge in [-0.2, -0.15) is 0 Å². The summed E-state index contributed by atoms with van der Waals surface area (Å²) in [6, 6.07) is 12.6. The van der Waals surface area contributed by atoms with E-state index in [0.29, 0.717) is 5.54 Å². The van der Waals surface area contributed by atoms with Gasteiger partial charge in [-0.05, 0) is 61.3 Å². The number of benzene rings is 1. The second kappa shape index (κ2) is 5.74. The molecular weight excluding hydrogens is 362 g/mol. The van der Waals surface area contributed by atoms with Crippen molar-refractivity contribution in [1.29, 1.82) is 0 Å². The fourth-order valence-electron chi connectivity index (χ4n) is 6.00. The first-order chi connectivity index (χ1) is 11.7. The molecule has 0 atom stereocenters. The first kappa shape index (κ1) is 15.2. The normalized spacial score (nSPS) is 34.0. The van der Waals surface area contributed by atoms with Crippen LogP contribution in [0, 0.1) is 17.8 Å². The molecule has 0 spiro atoms. The van der Waals surface area contributed by atoms with Crippen molar-refractivity contribution in [3.63, 3.8) is 0 Å². The van der Waals surface area contributed by atoms with Crippen LogP contribution >= 0.6 is 15.9 Å². The van der Waals surface area contributed by atoms with Gasteiger partial charge in [0.15, 0.2) is 5.76 Å². The highest BCUT2D eigenvalue weighted by Gasteiger charge is 2.53. The number of nitrogens with two attached hydrogens (primary N) is 1. The molecular formula is C21H25BrNO+. The van der Waals surface area contributed by atoms with E-state index < -0.39 is 0 Å². The van der Waals surface area contributed by atoms with E-state index >= 15 is 0 Å². The molecule has 4 fully saturated rings. The van der Waals surface area contributed by atoms with Gasteiger partial charge in [0.2, 0.25) is 0 Å². The molecule has 24 heavy (non-hydrogen) atoms. The van der Waals surface area contributed by atoms with Crippen LogP contribution in [0.2, 0.25) is 0 Å². The highest BCUT2D eigenvalue weighted by atomic mass is 79.9. The molecule has 1 aromatic heterocycles. The smallest absolute Gasteiger partial charge is 0.158 e.